The summed E-state index contributed by atoms with van der Waals surface area (Å²) in [6.07, 6.45) is 3.49. The SMILES string of the molecule is NNC(Cc1cc(Cl)cc2c1OCC2)c1cncs1. The number of hydrogen-bond donors (Lipinski definition) is 2. The molecule has 2 aromatic rings. The lowest BCUT2D eigenvalue weighted by atomic mass is 10.0. The van der Waals surface area contributed by atoms with Crippen LogP contribution in [0, 0.1) is 0 Å². The Kier molecular flexibility index (Phi) is 3.70. The molecule has 0 aliphatic carbocycles. The minimum absolute atomic E-state index is 0.0271. The minimum atomic E-state index is 0.0271. The third kappa shape index (κ3) is 2.60. The predicted molar refractivity (Wildman–Crippen MR) is 76.5 cm³/mol. The smallest absolute Gasteiger partial charge is 0.125 e. The summed E-state index contributed by atoms with van der Waals surface area (Å²) in [7, 11) is 0. The summed E-state index contributed by atoms with van der Waals surface area (Å²) in [6.45, 7) is 0.726. The van der Waals surface area contributed by atoms with Crippen LogP contribution in [-0.2, 0) is 12.8 Å². The zero-order chi connectivity index (χ0) is 13.2. The summed E-state index contributed by atoms with van der Waals surface area (Å²) >= 11 is 7.75. The maximum atomic E-state index is 6.16. The van der Waals surface area contributed by atoms with Crippen LogP contribution < -0.4 is 16.0 Å². The molecule has 6 heteroatoms. The van der Waals surface area contributed by atoms with Crippen molar-refractivity contribution in [2.24, 2.45) is 5.84 Å². The van der Waals surface area contributed by atoms with Gasteiger partial charge in [0.25, 0.3) is 0 Å². The van der Waals surface area contributed by atoms with E-state index in [1.165, 1.54) is 5.56 Å². The highest BCUT2D eigenvalue weighted by molar-refractivity contribution is 7.09. The lowest BCUT2D eigenvalue weighted by molar-refractivity contribution is 0.351. The number of aromatic nitrogens is 1. The third-order valence-electron chi connectivity index (χ3n) is 3.25. The monoisotopic (exact) mass is 295 g/mol. The van der Waals surface area contributed by atoms with Gasteiger partial charge in [0.05, 0.1) is 18.2 Å². The minimum Gasteiger partial charge on any atom is -0.493 e. The van der Waals surface area contributed by atoms with E-state index < -0.39 is 0 Å². The zero-order valence-electron chi connectivity index (χ0n) is 10.2. The Balaban J connectivity index is 1.90. The largest absolute Gasteiger partial charge is 0.493 e. The molecule has 4 nitrogen and oxygen atoms in total. The number of benzene rings is 1. The normalized spacial score (nSPS) is 15.1. The van der Waals surface area contributed by atoms with Gasteiger partial charge >= 0.3 is 0 Å². The second kappa shape index (κ2) is 5.46. The second-order valence-corrected chi connectivity index (χ2v) is 5.83. The Morgan fingerprint density at radius 2 is 2.42 bits per heavy atom. The first kappa shape index (κ1) is 12.9. The fourth-order valence-corrected chi connectivity index (χ4v) is 3.30. The molecular weight excluding hydrogens is 282 g/mol. The van der Waals surface area contributed by atoms with Gasteiger partial charge in [0.15, 0.2) is 0 Å². The van der Waals surface area contributed by atoms with Gasteiger partial charge in [-0.25, -0.2) is 0 Å². The van der Waals surface area contributed by atoms with Crippen molar-refractivity contribution in [2.75, 3.05) is 6.61 Å². The highest BCUT2D eigenvalue weighted by Gasteiger charge is 2.21. The van der Waals surface area contributed by atoms with Crippen LogP contribution in [0.2, 0.25) is 5.02 Å². The van der Waals surface area contributed by atoms with Gasteiger partial charge in [-0.15, -0.1) is 11.3 Å². The molecule has 0 spiro atoms. The number of ether oxygens (including phenoxy) is 1. The molecule has 2 heterocycles. The maximum absolute atomic E-state index is 6.16. The molecule has 1 aliphatic heterocycles. The Morgan fingerprint density at radius 3 is 3.16 bits per heavy atom. The highest BCUT2D eigenvalue weighted by Crippen LogP contribution is 2.35. The van der Waals surface area contributed by atoms with Crippen LogP contribution in [-0.4, -0.2) is 11.6 Å². The number of hydrogen-bond acceptors (Lipinski definition) is 5. The number of hydrazine groups is 1. The first-order valence-electron chi connectivity index (χ1n) is 6.06. The van der Waals surface area contributed by atoms with Crippen molar-refractivity contribution in [1.29, 1.82) is 0 Å². The van der Waals surface area contributed by atoms with Crippen molar-refractivity contribution < 1.29 is 4.74 Å². The van der Waals surface area contributed by atoms with E-state index in [1.54, 1.807) is 16.8 Å². The zero-order valence-corrected chi connectivity index (χ0v) is 11.8. The molecule has 0 saturated heterocycles. The van der Waals surface area contributed by atoms with Gasteiger partial charge in [-0.1, -0.05) is 11.6 Å². The highest BCUT2D eigenvalue weighted by atomic mass is 35.5. The van der Waals surface area contributed by atoms with Crippen molar-refractivity contribution in [3.8, 4) is 5.75 Å². The number of thiazole rings is 1. The van der Waals surface area contributed by atoms with Crippen LogP contribution in [0.5, 0.6) is 5.75 Å². The van der Waals surface area contributed by atoms with Crippen LogP contribution in [0.4, 0.5) is 0 Å². The lowest BCUT2D eigenvalue weighted by Gasteiger charge is -2.16. The van der Waals surface area contributed by atoms with E-state index in [4.69, 9.17) is 22.2 Å². The number of nitrogens with zero attached hydrogens (tertiary/aromatic N) is 1. The van der Waals surface area contributed by atoms with E-state index in [9.17, 15) is 0 Å². The fourth-order valence-electron chi connectivity index (χ4n) is 2.36. The molecule has 1 aliphatic rings. The quantitative estimate of drug-likeness (QED) is 0.672. The van der Waals surface area contributed by atoms with Gasteiger partial charge in [0.2, 0.25) is 0 Å². The van der Waals surface area contributed by atoms with Gasteiger partial charge in [0.1, 0.15) is 5.75 Å². The average molecular weight is 296 g/mol. The molecule has 0 fully saturated rings. The van der Waals surface area contributed by atoms with Crippen molar-refractivity contribution in [2.45, 2.75) is 18.9 Å². The van der Waals surface area contributed by atoms with Crippen LogP contribution in [0.25, 0.3) is 0 Å². The average Bonchev–Trinajstić information content (AvgIpc) is 3.05. The molecule has 100 valence electrons. The van der Waals surface area contributed by atoms with E-state index in [2.05, 4.69) is 10.4 Å². The van der Waals surface area contributed by atoms with Crippen LogP contribution in [0.3, 0.4) is 0 Å². The van der Waals surface area contributed by atoms with Crippen molar-refractivity contribution in [3.05, 3.63) is 44.9 Å². The molecule has 0 radical (unpaired) electrons. The van der Waals surface area contributed by atoms with Gasteiger partial charge in [0, 0.05) is 22.5 Å². The molecule has 1 aromatic heterocycles. The Bertz CT molecular complexity index is 574. The third-order valence-corrected chi connectivity index (χ3v) is 4.35. The van der Waals surface area contributed by atoms with E-state index in [0.717, 1.165) is 40.7 Å². The summed E-state index contributed by atoms with van der Waals surface area (Å²) in [6, 6.07) is 3.96. The van der Waals surface area contributed by atoms with Crippen molar-refractivity contribution in [3.63, 3.8) is 0 Å². The molecule has 0 amide bonds. The predicted octanol–water partition coefficient (Wildman–Crippen LogP) is 2.48. The standard InChI is InChI=1S/C13H14ClN3OS/c14-10-3-8-1-2-18-13(8)9(4-10)5-11(17-15)12-6-16-7-19-12/h3-4,6-7,11,17H,1-2,5,15H2. The van der Waals surface area contributed by atoms with Crippen molar-refractivity contribution >= 4 is 22.9 Å². The molecule has 19 heavy (non-hydrogen) atoms. The number of rotatable bonds is 4. The van der Waals surface area contributed by atoms with Crippen molar-refractivity contribution in [1.82, 2.24) is 10.4 Å². The number of nitrogens with two attached hydrogens (primary N) is 1. The fraction of sp³-hybridized carbons (Fsp3) is 0.308. The van der Waals surface area contributed by atoms with Gasteiger partial charge in [-0.2, -0.15) is 0 Å². The van der Waals surface area contributed by atoms with E-state index in [0.29, 0.717) is 0 Å². The molecule has 1 unspecified atom stereocenters. The first-order valence-corrected chi connectivity index (χ1v) is 7.32. The van der Waals surface area contributed by atoms with Gasteiger partial charge in [-0.05, 0) is 29.7 Å². The summed E-state index contributed by atoms with van der Waals surface area (Å²) in [5, 5.41) is 0.749. The molecular formula is C13H14ClN3OS. The summed E-state index contributed by atoms with van der Waals surface area (Å²) in [5.41, 5.74) is 6.92. The van der Waals surface area contributed by atoms with Gasteiger partial charge in [-0.3, -0.25) is 16.3 Å². The Hall–Kier alpha value is -1.14. The molecule has 1 atom stereocenters. The van der Waals surface area contributed by atoms with E-state index in [-0.39, 0.29) is 6.04 Å². The van der Waals surface area contributed by atoms with E-state index >= 15 is 0 Å². The second-order valence-electron chi connectivity index (χ2n) is 4.48. The van der Waals surface area contributed by atoms with E-state index in [1.807, 2.05) is 18.3 Å². The summed E-state index contributed by atoms with van der Waals surface area (Å²) < 4.78 is 5.71. The molecule has 0 bridgehead atoms. The molecule has 3 N–H and O–H groups in total. The van der Waals surface area contributed by atoms with Crippen LogP contribution >= 0.6 is 22.9 Å². The summed E-state index contributed by atoms with van der Waals surface area (Å²) in [5.74, 6) is 6.62. The lowest BCUT2D eigenvalue weighted by Crippen LogP contribution is -2.29. The molecule has 3 rings (SSSR count). The topological polar surface area (TPSA) is 60.2 Å². The summed E-state index contributed by atoms with van der Waals surface area (Å²) in [4.78, 5) is 5.19. The number of fused-ring (bicyclic) bond motifs is 1. The maximum Gasteiger partial charge on any atom is 0.125 e. The van der Waals surface area contributed by atoms with Crippen LogP contribution in [0.1, 0.15) is 22.0 Å². The molecule has 0 saturated carbocycles. The Labute approximate surface area is 120 Å². The number of halogens is 1. The number of nitrogens with one attached hydrogen (secondary N) is 1. The van der Waals surface area contributed by atoms with Gasteiger partial charge < -0.3 is 4.74 Å². The van der Waals surface area contributed by atoms with Crippen LogP contribution in [0.15, 0.2) is 23.8 Å². The first-order chi connectivity index (χ1) is 9.28. The molecule has 1 aromatic carbocycles. The Morgan fingerprint density at radius 1 is 1.53 bits per heavy atom.